The first-order valence-electron chi connectivity index (χ1n) is 7.05. The van der Waals surface area contributed by atoms with E-state index in [1.54, 1.807) is 12.1 Å². The number of rotatable bonds is 4. The first-order valence-corrected chi connectivity index (χ1v) is 7.93. The summed E-state index contributed by atoms with van der Waals surface area (Å²) in [5.74, 6) is -1.54. The summed E-state index contributed by atoms with van der Waals surface area (Å²) in [6.45, 7) is 0. The van der Waals surface area contributed by atoms with Crippen molar-refractivity contribution >= 4 is 29.3 Å². The molecule has 4 nitrogen and oxygen atoms in total. The minimum absolute atomic E-state index is 0.118. The first-order chi connectivity index (χ1) is 10.6. The molecule has 0 unspecified atom stereocenters. The second-order valence-corrected chi connectivity index (χ2v) is 6.15. The van der Waals surface area contributed by atoms with Crippen LogP contribution in [0.15, 0.2) is 41.4 Å². The van der Waals surface area contributed by atoms with Crippen molar-refractivity contribution in [3.63, 3.8) is 0 Å². The Kier molecular flexibility index (Phi) is 4.06. The lowest BCUT2D eigenvalue weighted by Gasteiger charge is -2.07. The van der Waals surface area contributed by atoms with Gasteiger partial charge in [-0.2, -0.15) is 0 Å². The summed E-state index contributed by atoms with van der Waals surface area (Å²) in [6, 6.07) is 9.21. The normalized spacial score (nSPS) is 13.7. The first kappa shape index (κ1) is 14.5. The van der Waals surface area contributed by atoms with E-state index in [1.165, 1.54) is 28.5 Å². The van der Waals surface area contributed by atoms with Gasteiger partial charge in [-0.05, 0) is 60.0 Å². The van der Waals surface area contributed by atoms with E-state index < -0.39 is 5.97 Å². The summed E-state index contributed by atoms with van der Waals surface area (Å²) in [5, 5.41) is 13.6. The van der Waals surface area contributed by atoms with Gasteiger partial charge in [-0.15, -0.1) is 11.3 Å². The van der Waals surface area contributed by atoms with E-state index in [0.717, 1.165) is 24.1 Å². The second kappa shape index (κ2) is 6.15. The number of carboxylic acids is 1. The third kappa shape index (κ3) is 3.09. The number of hydrogen-bond donors (Lipinski definition) is 2. The smallest absolute Gasteiger partial charge is 0.352 e. The number of benzene rings is 1. The molecule has 0 saturated heterocycles. The number of carboxylic acid groups (broad SMARTS) is 1. The van der Waals surface area contributed by atoms with Gasteiger partial charge < -0.3 is 10.4 Å². The maximum absolute atomic E-state index is 12.3. The fourth-order valence-electron chi connectivity index (χ4n) is 2.57. The Hall–Kier alpha value is -2.40. The Morgan fingerprint density at radius 2 is 2.00 bits per heavy atom. The molecule has 1 aliphatic carbocycles. The van der Waals surface area contributed by atoms with E-state index in [2.05, 4.69) is 5.32 Å². The number of amides is 1. The van der Waals surface area contributed by atoms with E-state index in [0.29, 0.717) is 5.56 Å². The molecule has 1 aliphatic rings. The molecule has 1 aromatic heterocycles. The summed E-state index contributed by atoms with van der Waals surface area (Å²) in [4.78, 5) is 24.4. The molecular formula is C17H15NO3S. The minimum atomic E-state index is -1.15. The molecule has 112 valence electrons. The topological polar surface area (TPSA) is 66.4 Å². The van der Waals surface area contributed by atoms with Gasteiger partial charge in [-0.3, -0.25) is 4.79 Å². The van der Waals surface area contributed by atoms with Gasteiger partial charge in [0, 0.05) is 10.4 Å². The van der Waals surface area contributed by atoms with Crippen LogP contribution in [0.4, 0.5) is 0 Å². The SMILES string of the molecule is O=C(O)/C(=C\c1cccs1)NC(=O)c1ccc2c(c1)CCC2. The number of hydrogen-bond acceptors (Lipinski definition) is 3. The predicted molar refractivity (Wildman–Crippen MR) is 85.9 cm³/mol. The summed E-state index contributed by atoms with van der Waals surface area (Å²) < 4.78 is 0. The lowest BCUT2D eigenvalue weighted by Crippen LogP contribution is -2.27. The summed E-state index contributed by atoms with van der Waals surface area (Å²) in [7, 11) is 0. The third-order valence-corrected chi connectivity index (χ3v) is 4.49. The highest BCUT2D eigenvalue weighted by Crippen LogP contribution is 2.23. The maximum atomic E-state index is 12.3. The van der Waals surface area contributed by atoms with Crippen molar-refractivity contribution in [2.45, 2.75) is 19.3 Å². The van der Waals surface area contributed by atoms with Crippen molar-refractivity contribution in [2.75, 3.05) is 0 Å². The van der Waals surface area contributed by atoms with Crippen molar-refractivity contribution in [3.8, 4) is 0 Å². The Morgan fingerprint density at radius 1 is 1.18 bits per heavy atom. The molecule has 0 radical (unpaired) electrons. The number of fused-ring (bicyclic) bond motifs is 1. The van der Waals surface area contributed by atoms with Crippen molar-refractivity contribution in [1.82, 2.24) is 5.32 Å². The van der Waals surface area contributed by atoms with Crippen LogP contribution in [0.5, 0.6) is 0 Å². The highest BCUT2D eigenvalue weighted by molar-refractivity contribution is 7.10. The fraction of sp³-hybridized carbons (Fsp3) is 0.176. The molecule has 3 rings (SSSR count). The molecule has 0 bridgehead atoms. The molecular weight excluding hydrogens is 298 g/mol. The maximum Gasteiger partial charge on any atom is 0.352 e. The summed E-state index contributed by atoms with van der Waals surface area (Å²) in [6.07, 6.45) is 4.61. The molecule has 1 amide bonds. The van der Waals surface area contributed by atoms with Crippen LogP contribution in [-0.4, -0.2) is 17.0 Å². The quantitative estimate of drug-likeness (QED) is 0.852. The molecule has 0 atom stereocenters. The van der Waals surface area contributed by atoms with Gasteiger partial charge in [-0.25, -0.2) is 4.79 Å². The minimum Gasteiger partial charge on any atom is -0.477 e. The van der Waals surface area contributed by atoms with Crippen LogP contribution in [0.2, 0.25) is 0 Å². The predicted octanol–water partition coefficient (Wildman–Crippen LogP) is 3.09. The number of nitrogens with one attached hydrogen (secondary N) is 1. The van der Waals surface area contributed by atoms with Crippen LogP contribution in [0.3, 0.4) is 0 Å². The van der Waals surface area contributed by atoms with E-state index >= 15 is 0 Å². The highest BCUT2D eigenvalue weighted by Gasteiger charge is 2.17. The molecule has 0 fully saturated rings. The Morgan fingerprint density at radius 3 is 2.73 bits per heavy atom. The zero-order chi connectivity index (χ0) is 15.5. The number of aryl methyl sites for hydroxylation is 2. The van der Waals surface area contributed by atoms with Gasteiger partial charge >= 0.3 is 5.97 Å². The molecule has 0 saturated carbocycles. The Bertz CT molecular complexity index is 747. The van der Waals surface area contributed by atoms with Crippen molar-refractivity contribution in [3.05, 3.63) is 63.0 Å². The van der Waals surface area contributed by atoms with Gasteiger partial charge in [0.15, 0.2) is 0 Å². The van der Waals surface area contributed by atoms with E-state index in [-0.39, 0.29) is 11.6 Å². The highest BCUT2D eigenvalue weighted by atomic mass is 32.1. The van der Waals surface area contributed by atoms with Crippen LogP contribution in [0, 0.1) is 0 Å². The Balaban J connectivity index is 1.81. The summed E-state index contributed by atoms with van der Waals surface area (Å²) in [5.41, 5.74) is 2.85. The van der Waals surface area contributed by atoms with Gasteiger partial charge in [0.25, 0.3) is 5.91 Å². The third-order valence-electron chi connectivity index (χ3n) is 3.67. The summed E-state index contributed by atoms with van der Waals surface area (Å²) >= 11 is 1.42. The molecule has 5 heteroatoms. The fourth-order valence-corrected chi connectivity index (χ4v) is 3.23. The lowest BCUT2D eigenvalue weighted by molar-refractivity contribution is -0.132. The van der Waals surface area contributed by atoms with E-state index in [1.807, 2.05) is 23.6 Å². The van der Waals surface area contributed by atoms with Crippen molar-refractivity contribution in [2.24, 2.45) is 0 Å². The molecule has 1 heterocycles. The van der Waals surface area contributed by atoms with Crippen molar-refractivity contribution in [1.29, 1.82) is 0 Å². The number of thiophene rings is 1. The molecule has 22 heavy (non-hydrogen) atoms. The van der Waals surface area contributed by atoms with Crippen LogP contribution in [0.1, 0.15) is 32.8 Å². The number of carbonyl (C=O) groups excluding carboxylic acids is 1. The largest absolute Gasteiger partial charge is 0.477 e. The lowest BCUT2D eigenvalue weighted by atomic mass is 10.1. The zero-order valence-electron chi connectivity index (χ0n) is 11.8. The molecule has 2 N–H and O–H groups in total. The molecule has 1 aromatic carbocycles. The van der Waals surface area contributed by atoms with Crippen molar-refractivity contribution < 1.29 is 14.7 Å². The van der Waals surface area contributed by atoms with Crippen LogP contribution in [-0.2, 0) is 17.6 Å². The van der Waals surface area contributed by atoms with Gasteiger partial charge in [0.05, 0.1) is 0 Å². The van der Waals surface area contributed by atoms with Gasteiger partial charge in [0.1, 0.15) is 5.70 Å². The Labute approximate surface area is 132 Å². The molecule has 0 spiro atoms. The number of aliphatic carboxylic acids is 1. The van der Waals surface area contributed by atoms with Gasteiger partial charge in [-0.1, -0.05) is 12.1 Å². The molecule has 2 aromatic rings. The molecule has 0 aliphatic heterocycles. The standard InChI is InChI=1S/C17H15NO3S/c19-16(13-7-6-11-3-1-4-12(11)9-13)18-15(17(20)21)10-14-5-2-8-22-14/h2,5-10H,1,3-4H2,(H,18,19)(H,20,21)/b15-10+. The average Bonchev–Trinajstić information content (AvgIpc) is 3.16. The van der Waals surface area contributed by atoms with Crippen LogP contribution < -0.4 is 5.32 Å². The average molecular weight is 313 g/mol. The number of carbonyl (C=O) groups is 2. The zero-order valence-corrected chi connectivity index (χ0v) is 12.7. The van der Waals surface area contributed by atoms with E-state index in [4.69, 9.17) is 0 Å². The van der Waals surface area contributed by atoms with E-state index in [9.17, 15) is 14.7 Å². The van der Waals surface area contributed by atoms with Gasteiger partial charge in [0.2, 0.25) is 0 Å². The second-order valence-electron chi connectivity index (χ2n) is 5.17. The van der Waals surface area contributed by atoms with Crippen LogP contribution >= 0.6 is 11.3 Å². The monoisotopic (exact) mass is 313 g/mol. The van der Waals surface area contributed by atoms with Crippen LogP contribution in [0.25, 0.3) is 6.08 Å².